The van der Waals surface area contributed by atoms with Crippen LogP contribution in [0.3, 0.4) is 0 Å². The molecule has 1 aromatic heterocycles. The SMILES string of the molecule is CCOc1ccc(CCNc2ncc(Br)cn2)cc1OCC. The predicted molar refractivity (Wildman–Crippen MR) is 90.7 cm³/mol. The summed E-state index contributed by atoms with van der Waals surface area (Å²) in [7, 11) is 0. The Balaban J connectivity index is 1.94. The van der Waals surface area contributed by atoms with Crippen molar-refractivity contribution in [2.45, 2.75) is 20.3 Å². The first-order valence-electron chi connectivity index (χ1n) is 7.32. The average Bonchev–Trinajstić information content (AvgIpc) is 2.52. The summed E-state index contributed by atoms with van der Waals surface area (Å²) in [5.74, 6) is 2.21. The molecule has 6 heteroatoms. The fourth-order valence-electron chi connectivity index (χ4n) is 1.97. The third-order valence-corrected chi connectivity index (χ3v) is 3.33. The third-order valence-electron chi connectivity index (χ3n) is 2.92. The van der Waals surface area contributed by atoms with Crippen LogP contribution in [0, 0.1) is 0 Å². The number of nitrogens with one attached hydrogen (secondary N) is 1. The minimum atomic E-state index is 0.620. The van der Waals surface area contributed by atoms with Gasteiger partial charge in [0.25, 0.3) is 0 Å². The molecule has 0 fully saturated rings. The van der Waals surface area contributed by atoms with Crippen LogP contribution in [-0.4, -0.2) is 29.7 Å². The first-order valence-corrected chi connectivity index (χ1v) is 8.12. The van der Waals surface area contributed by atoms with Gasteiger partial charge >= 0.3 is 0 Å². The van der Waals surface area contributed by atoms with Crippen molar-refractivity contribution in [2.75, 3.05) is 25.1 Å². The minimum Gasteiger partial charge on any atom is -0.490 e. The van der Waals surface area contributed by atoms with E-state index in [1.165, 1.54) is 5.56 Å². The molecular weight excluding hydrogens is 346 g/mol. The summed E-state index contributed by atoms with van der Waals surface area (Å²) < 4.78 is 12.1. The summed E-state index contributed by atoms with van der Waals surface area (Å²) >= 11 is 3.31. The number of ether oxygens (including phenoxy) is 2. The monoisotopic (exact) mass is 365 g/mol. The van der Waals surface area contributed by atoms with Crippen LogP contribution in [0.5, 0.6) is 11.5 Å². The maximum Gasteiger partial charge on any atom is 0.222 e. The number of nitrogens with zero attached hydrogens (tertiary/aromatic N) is 2. The van der Waals surface area contributed by atoms with E-state index in [1.54, 1.807) is 12.4 Å². The van der Waals surface area contributed by atoms with Gasteiger partial charge in [-0.25, -0.2) is 9.97 Å². The summed E-state index contributed by atoms with van der Waals surface area (Å²) in [5, 5.41) is 3.20. The van der Waals surface area contributed by atoms with E-state index in [1.807, 2.05) is 26.0 Å². The molecule has 0 radical (unpaired) electrons. The van der Waals surface area contributed by atoms with Gasteiger partial charge < -0.3 is 14.8 Å². The zero-order valence-electron chi connectivity index (χ0n) is 12.8. The molecule has 0 aliphatic carbocycles. The molecule has 22 heavy (non-hydrogen) atoms. The lowest BCUT2D eigenvalue weighted by molar-refractivity contribution is 0.287. The highest BCUT2D eigenvalue weighted by Crippen LogP contribution is 2.28. The van der Waals surface area contributed by atoms with E-state index in [0.29, 0.717) is 19.2 Å². The summed E-state index contributed by atoms with van der Waals surface area (Å²) in [6, 6.07) is 6.04. The highest BCUT2D eigenvalue weighted by atomic mass is 79.9. The predicted octanol–water partition coefficient (Wildman–Crippen LogP) is 3.69. The molecule has 118 valence electrons. The Morgan fingerprint density at radius 2 is 1.73 bits per heavy atom. The third kappa shape index (κ3) is 4.87. The maximum absolute atomic E-state index is 5.63. The van der Waals surface area contributed by atoms with Crippen molar-refractivity contribution in [1.82, 2.24) is 9.97 Å². The maximum atomic E-state index is 5.63. The fraction of sp³-hybridized carbons (Fsp3) is 0.375. The van der Waals surface area contributed by atoms with Crippen molar-refractivity contribution in [3.05, 3.63) is 40.6 Å². The van der Waals surface area contributed by atoms with Crippen molar-refractivity contribution in [3.63, 3.8) is 0 Å². The molecule has 2 rings (SSSR count). The van der Waals surface area contributed by atoms with Crippen LogP contribution in [0.2, 0.25) is 0 Å². The van der Waals surface area contributed by atoms with Gasteiger partial charge in [0, 0.05) is 18.9 Å². The van der Waals surface area contributed by atoms with Gasteiger partial charge in [-0.05, 0) is 53.9 Å². The van der Waals surface area contributed by atoms with Crippen LogP contribution >= 0.6 is 15.9 Å². The van der Waals surface area contributed by atoms with Crippen LogP contribution in [0.1, 0.15) is 19.4 Å². The fourth-order valence-corrected chi connectivity index (χ4v) is 2.18. The molecule has 0 unspecified atom stereocenters. The highest BCUT2D eigenvalue weighted by Gasteiger charge is 2.06. The van der Waals surface area contributed by atoms with Crippen molar-refractivity contribution >= 4 is 21.9 Å². The second kappa shape index (κ2) is 8.58. The molecule has 0 saturated heterocycles. The largest absolute Gasteiger partial charge is 0.490 e. The highest BCUT2D eigenvalue weighted by molar-refractivity contribution is 9.10. The van der Waals surface area contributed by atoms with Gasteiger partial charge in [0.1, 0.15) is 0 Å². The first kappa shape index (κ1) is 16.5. The summed E-state index contributed by atoms with van der Waals surface area (Å²) in [6.07, 6.45) is 4.30. The lowest BCUT2D eigenvalue weighted by Gasteiger charge is -2.12. The van der Waals surface area contributed by atoms with E-state index in [0.717, 1.165) is 28.9 Å². The number of benzene rings is 1. The van der Waals surface area contributed by atoms with E-state index in [2.05, 4.69) is 37.3 Å². The molecule has 2 aromatic rings. The smallest absolute Gasteiger partial charge is 0.222 e. The van der Waals surface area contributed by atoms with Gasteiger partial charge in [-0.2, -0.15) is 0 Å². The van der Waals surface area contributed by atoms with E-state index < -0.39 is 0 Å². The molecule has 0 saturated carbocycles. The molecular formula is C16H20BrN3O2. The molecule has 0 spiro atoms. The molecule has 1 heterocycles. The topological polar surface area (TPSA) is 56.3 Å². The van der Waals surface area contributed by atoms with Crippen molar-refractivity contribution in [2.24, 2.45) is 0 Å². The standard InChI is InChI=1S/C16H20BrN3O2/c1-3-21-14-6-5-12(9-15(14)22-4-2)7-8-18-16-19-10-13(17)11-20-16/h5-6,9-11H,3-4,7-8H2,1-2H3,(H,18,19,20). The lowest BCUT2D eigenvalue weighted by Crippen LogP contribution is -2.08. The van der Waals surface area contributed by atoms with Gasteiger partial charge in [-0.1, -0.05) is 6.07 Å². The van der Waals surface area contributed by atoms with E-state index in [-0.39, 0.29) is 0 Å². The molecule has 0 aliphatic heterocycles. The van der Waals surface area contributed by atoms with Crippen molar-refractivity contribution in [3.8, 4) is 11.5 Å². The molecule has 5 nitrogen and oxygen atoms in total. The first-order chi connectivity index (χ1) is 10.7. The van der Waals surface area contributed by atoms with Crippen molar-refractivity contribution < 1.29 is 9.47 Å². The second-order valence-corrected chi connectivity index (χ2v) is 5.46. The van der Waals surface area contributed by atoms with E-state index >= 15 is 0 Å². The van der Waals surface area contributed by atoms with Crippen LogP contribution in [0.4, 0.5) is 5.95 Å². The van der Waals surface area contributed by atoms with Gasteiger partial charge in [-0.3, -0.25) is 0 Å². The molecule has 0 amide bonds. The van der Waals surface area contributed by atoms with Crippen LogP contribution in [0.15, 0.2) is 35.1 Å². The Labute approximate surface area is 139 Å². The van der Waals surface area contributed by atoms with Gasteiger partial charge in [0.05, 0.1) is 17.7 Å². The van der Waals surface area contributed by atoms with E-state index in [9.17, 15) is 0 Å². The minimum absolute atomic E-state index is 0.620. The van der Waals surface area contributed by atoms with Crippen LogP contribution in [0.25, 0.3) is 0 Å². The molecule has 0 aliphatic rings. The summed E-state index contributed by atoms with van der Waals surface area (Å²) in [5.41, 5.74) is 1.18. The van der Waals surface area contributed by atoms with Crippen molar-refractivity contribution in [1.29, 1.82) is 0 Å². The Morgan fingerprint density at radius 1 is 1.05 bits per heavy atom. The number of hydrogen-bond donors (Lipinski definition) is 1. The number of halogens is 1. The van der Waals surface area contributed by atoms with Gasteiger partial charge in [0.2, 0.25) is 5.95 Å². The summed E-state index contributed by atoms with van der Waals surface area (Å²) in [6.45, 7) is 5.93. The Kier molecular flexibility index (Phi) is 6.45. The lowest BCUT2D eigenvalue weighted by atomic mass is 10.1. The second-order valence-electron chi connectivity index (χ2n) is 4.55. The number of rotatable bonds is 8. The zero-order valence-corrected chi connectivity index (χ0v) is 14.4. The zero-order chi connectivity index (χ0) is 15.8. The Hall–Kier alpha value is -1.82. The number of anilines is 1. The molecule has 0 bridgehead atoms. The van der Waals surface area contributed by atoms with Crippen LogP contribution in [-0.2, 0) is 6.42 Å². The normalized spacial score (nSPS) is 10.3. The van der Waals surface area contributed by atoms with E-state index in [4.69, 9.17) is 9.47 Å². The average molecular weight is 366 g/mol. The quantitative estimate of drug-likeness (QED) is 0.772. The molecule has 1 aromatic carbocycles. The Morgan fingerprint density at radius 3 is 2.41 bits per heavy atom. The number of aromatic nitrogens is 2. The van der Waals surface area contributed by atoms with Gasteiger partial charge in [0.15, 0.2) is 11.5 Å². The summed E-state index contributed by atoms with van der Waals surface area (Å²) in [4.78, 5) is 8.36. The Bertz CT molecular complexity index is 590. The number of hydrogen-bond acceptors (Lipinski definition) is 5. The van der Waals surface area contributed by atoms with Crippen LogP contribution < -0.4 is 14.8 Å². The van der Waals surface area contributed by atoms with Gasteiger partial charge in [-0.15, -0.1) is 0 Å². The molecule has 1 N–H and O–H groups in total. The molecule has 0 atom stereocenters.